The van der Waals surface area contributed by atoms with Gasteiger partial charge in [0.25, 0.3) is 11.8 Å². The first kappa shape index (κ1) is 26.6. The molecule has 1 atom stereocenters. The van der Waals surface area contributed by atoms with Crippen LogP contribution in [-0.2, 0) is 14.8 Å². The van der Waals surface area contributed by atoms with Crippen molar-refractivity contribution >= 4 is 32.7 Å². The maximum atomic E-state index is 12.8. The number of hydrogen-bond donors (Lipinski definition) is 4. The number of ether oxygens (including phenoxy) is 1. The van der Waals surface area contributed by atoms with Gasteiger partial charge in [-0.15, -0.1) is 5.92 Å². The van der Waals surface area contributed by atoms with Crippen molar-refractivity contribution in [3.05, 3.63) is 66.4 Å². The number of fused-ring (bicyclic) bond motifs is 1. The zero-order valence-electron chi connectivity index (χ0n) is 19.5. The molecule has 0 spiro atoms. The van der Waals surface area contributed by atoms with Crippen molar-refractivity contribution in [3.8, 4) is 17.6 Å². The van der Waals surface area contributed by atoms with Crippen LogP contribution in [0.3, 0.4) is 0 Å². The second-order valence-electron chi connectivity index (χ2n) is 7.65. The van der Waals surface area contributed by atoms with Crippen LogP contribution in [0.25, 0.3) is 10.9 Å². The van der Waals surface area contributed by atoms with Crippen LogP contribution in [0.15, 0.2) is 65.7 Å². The van der Waals surface area contributed by atoms with Gasteiger partial charge in [-0.2, -0.15) is 4.72 Å². The highest BCUT2D eigenvalue weighted by Crippen LogP contribution is 2.17. The largest absolute Gasteiger partial charge is 0.481 e. The third kappa shape index (κ3) is 7.26. The van der Waals surface area contributed by atoms with Gasteiger partial charge in [-0.1, -0.05) is 24.1 Å². The van der Waals surface area contributed by atoms with Crippen LogP contribution in [0.4, 0.5) is 0 Å². The highest BCUT2D eigenvalue weighted by molar-refractivity contribution is 7.89. The lowest BCUT2D eigenvalue weighted by Gasteiger charge is -2.17. The van der Waals surface area contributed by atoms with Gasteiger partial charge in [0.1, 0.15) is 18.4 Å². The van der Waals surface area contributed by atoms with Crippen molar-refractivity contribution in [1.29, 1.82) is 0 Å². The number of hydroxylamine groups is 1. The topological polar surface area (TPSA) is 147 Å². The molecule has 0 radical (unpaired) electrons. The van der Waals surface area contributed by atoms with E-state index >= 15 is 0 Å². The fourth-order valence-electron chi connectivity index (χ4n) is 3.29. The molecule has 0 bridgehead atoms. The van der Waals surface area contributed by atoms with E-state index in [9.17, 15) is 18.0 Å². The van der Waals surface area contributed by atoms with E-state index in [1.807, 2.05) is 24.3 Å². The molecule has 10 nitrogen and oxygen atoms in total. The number of hydrogen-bond acceptors (Lipinski definition) is 7. The molecule has 3 rings (SSSR count). The summed E-state index contributed by atoms with van der Waals surface area (Å²) in [5, 5.41) is 12.6. The zero-order valence-corrected chi connectivity index (χ0v) is 20.3. The molecule has 0 saturated carbocycles. The Kier molecular flexibility index (Phi) is 9.35. The van der Waals surface area contributed by atoms with Crippen molar-refractivity contribution in [2.45, 2.75) is 30.7 Å². The first-order chi connectivity index (χ1) is 17.3. The SMILES string of the molecule is CC#CCOc1ccc(S(=O)(=O)N[C@H](CCCNC(=O)c2cnc3ccccc3c2)C(=O)NO)cc1. The number of benzene rings is 2. The molecule has 2 amide bonds. The first-order valence-corrected chi connectivity index (χ1v) is 12.5. The average molecular weight is 511 g/mol. The molecule has 0 aliphatic heterocycles. The summed E-state index contributed by atoms with van der Waals surface area (Å²) in [4.78, 5) is 28.7. The van der Waals surface area contributed by atoms with Gasteiger partial charge in [-0.3, -0.25) is 19.8 Å². The Labute approximate surface area is 209 Å². The molecule has 0 fully saturated rings. The minimum atomic E-state index is -4.07. The van der Waals surface area contributed by atoms with Gasteiger partial charge in [0.15, 0.2) is 0 Å². The Hall–Kier alpha value is -3.98. The van der Waals surface area contributed by atoms with E-state index in [0.717, 1.165) is 10.9 Å². The number of nitrogens with zero attached hydrogens (tertiary/aromatic N) is 1. The van der Waals surface area contributed by atoms with Crippen LogP contribution in [0.5, 0.6) is 5.75 Å². The molecular weight excluding hydrogens is 484 g/mol. The Morgan fingerprint density at radius 1 is 1.14 bits per heavy atom. The lowest BCUT2D eigenvalue weighted by molar-refractivity contribution is -0.131. The summed E-state index contributed by atoms with van der Waals surface area (Å²) >= 11 is 0. The number of carbonyl (C=O) groups excluding carboxylic acids is 2. The van der Waals surface area contributed by atoms with E-state index < -0.39 is 22.0 Å². The molecule has 2 aromatic carbocycles. The molecule has 4 N–H and O–H groups in total. The molecule has 0 saturated heterocycles. The maximum Gasteiger partial charge on any atom is 0.261 e. The van der Waals surface area contributed by atoms with Gasteiger partial charge < -0.3 is 10.1 Å². The van der Waals surface area contributed by atoms with E-state index in [1.165, 1.54) is 35.9 Å². The third-order valence-corrected chi connectivity index (χ3v) is 6.64. The average Bonchev–Trinajstić information content (AvgIpc) is 2.90. The van der Waals surface area contributed by atoms with Crippen LogP contribution in [0, 0.1) is 11.8 Å². The highest BCUT2D eigenvalue weighted by Gasteiger charge is 2.25. The van der Waals surface area contributed by atoms with Crippen molar-refractivity contribution in [3.63, 3.8) is 0 Å². The van der Waals surface area contributed by atoms with Crippen LogP contribution >= 0.6 is 0 Å². The zero-order chi connectivity index (χ0) is 26.0. The Balaban J connectivity index is 1.56. The Morgan fingerprint density at radius 3 is 2.61 bits per heavy atom. The smallest absolute Gasteiger partial charge is 0.261 e. The molecule has 36 heavy (non-hydrogen) atoms. The molecule has 1 heterocycles. The van der Waals surface area contributed by atoms with Crippen LogP contribution < -0.4 is 20.3 Å². The molecule has 188 valence electrons. The lowest BCUT2D eigenvalue weighted by Crippen LogP contribution is -2.46. The number of sulfonamides is 1. The minimum absolute atomic E-state index is 0.0265. The fourth-order valence-corrected chi connectivity index (χ4v) is 4.52. The van der Waals surface area contributed by atoms with Gasteiger partial charge >= 0.3 is 0 Å². The van der Waals surface area contributed by atoms with Gasteiger partial charge in [0.2, 0.25) is 10.0 Å². The van der Waals surface area contributed by atoms with Crippen molar-refractivity contribution in [2.75, 3.05) is 13.2 Å². The van der Waals surface area contributed by atoms with Crippen LogP contribution in [0.1, 0.15) is 30.1 Å². The summed E-state index contributed by atoms with van der Waals surface area (Å²) in [7, 11) is -4.07. The Morgan fingerprint density at radius 2 is 1.89 bits per heavy atom. The molecule has 3 aromatic rings. The molecule has 11 heteroatoms. The summed E-state index contributed by atoms with van der Waals surface area (Å²) in [6, 6.07) is 13.5. The number of pyridine rings is 1. The lowest BCUT2D eigenvalue weighted by atomic mass is 10.1. The van der Waals surface area contributed by atoms with Gasteiger partial charge in [-0.25, -0.2) is 13.9 Å². The predicted molar refractivity (Wildman–Crippen MR) is 133 cm³/mol. The standard InChI is InChI=1S/C25H26N4O6S/c1-2-3-15-35-20-10-12-21(13-11-20)36(33,34)29-23(25(31)28-32)9-6-14-26-24(30)19-16-18-7-4-5-8-22(18)27-17-19/h4-5,7-8,10-13,16-17,23,29,32H,6,9,14-15H2,1H3,(H,26,30)(H,28,31)/t23-/m1/s1. The number of para-hydroxylation sites is 1. The van der Waals surface area contributed by atoms with Gasteiger partial charge in [0, 0.05) is 18.1 Å². The van der Waals surface area contributed by atoms with Crippen molar-refractivity contribution in [1.82, 2.24) is 20.5 Å². The van der Waals surface area contributed by atoms with Crippen LogP contribution in [0.2, 0.25) is 0 Å². The number of nitrogens with one attached hydrogen (secondary N) is 3. The second kappa shape index (κ2) is 12.6. The van der Waals surface area contributed by atoms with Crippen molar-refractivity contribution in [2.24, 2.45) is 0 Å². The minimum Gasteiger partial charge on any atom is -0.481 e. The molecule has 1 aromatic heterocycles. The third-order valence-electron chi connectivity index (χ3n) is 5.15. The highest BCUT2D eigenvalue weighted by atomic mass is 32.2. The van der Waals surface area contributed by atoms with E-state index in [-0.39, 0.29) is 36.8 Å². The number of carbonyl (C=O) groups is 2. The van der Waals surface area contributed by atoms with Gasteiger partial charge in [-0.05, 0) is 56.2 Å². The first-order valence-electron chi connectivity index (χ1n) is 11.1. The molecule has 0 unspecified atom stereocenters. The summed E-state index contributed by atoms with van der Waals surface area (Å²) in [5.74, 6) is 4.61. The summed E-state index contributed by atoms with van der Waals surface area (Å²) in [6.45, 7) is 2.03. The van der Waals surface area contributed by atoms with Gasteiger partial charge in [0.05, 0.1) is 16.0 Å². The predicted octanol–water partition coefficient (Wildman–Crippen LogP) is 2.00. The van der Waals surface area contributed by atoms with E-state index in [0.29, 0.717) is 11.3 Å². The summed E-state index contributed by atoms with van der Waals surface area (Å²) < 4.78 is 33.2. The van der Waals surface area contributed by atoms with Crippen molar-refractivity contribution < 1.29 is 28.0 Å². The monoisotopic (exact) mass is 510 g/mol. The Bertz CT molecular complexity index is 1380. The number of rotatable bonds is 11. The maximum absolute atomic E-state index is 12.8. The number of amides is 2. The van der Waals surface area contributed by atoms with E-state index in [4.69, 9.17) is 9.94 Å². The molecular formula is C25H26N4O6S. The van der Waals surface area contributed by atoms with E-state index in [2.05, 4.69) is 26.9 Å². The summed E-state index contributed by atoms with van der Waals surface area (Å²) in [5.41, 5.74) is 2.63. The second-order valence-corrected chi connectivity index (χ2v) is 9.37. The van der Waals surface area contributed by atoms with E-state index in [1.54, 1.807) is 13.0 Å². The number of aromatic nitrogens is 1. The normalized spacial score (nSPS) is 11.7. The van der Waals surface area contributed by atoms with Crippen LogP contribution in [-0.4, -0.2) is 49.6 Å². The summed E-state index contributed by atoms with van der Waals surface area (Å²) in [6.07, 6.45) is 1.76. The molecule has 0 aliphatic carbocycles. The quantitative estimate of drug-likeness (QED) is 0.134. The molecule has 0 aliphatic rings. The fraction of sp³-hybridized carbons (Fsp3) is 0.240.